The van der Waals surface area contributed by atoms with Crippen LogP contribution in [-0.2, 0) is 48.2 Å². The second-order valence-corrected chi connectivity index (χ2v) is 21.2. The molecule has 7 rings (SSSR count). The highest BCUT2D eigenvalue weighted by Gasteiger charge is 2.44. The first-order chi connectivity index (χ1) is 37.5. The van der Waals surface area contributed by atoms with Crippen LogP contribution in [0.2, 0.25) is 0 Å². The third kappa shape index (κ3) is 16.8. The fraction of sp³-hybridized carbons (Fsp3) is 0.463. The Morgan fingerprint density at radius 1 is 0.911 bits per heavy atom. The molecule has 5 heterocycles. The van der Waals surface area contributed by atoms with Crippen LogP contribution in [-0.4, -0.2) is 146 Å². The molecule has 2 saturated heterocycles. The second kappa shape index (κ2) is 26.4. The number of alkyl halides is 4. The number of carbonyl (C=O) groups excluding carboxylic acids is 6. The Morgan fingerprint density at radius 2 is 1.65 bits per heavy atom. The summed E-state index contributed by atoms with van der Waals surface area (Å²) >= 11 is 1.55. The van der Waals surface area contributed by atoms with E-state index >= 15 is 4.39 Å². The van der Waals surface area contributed by atoms with Gasteiger partial charge in [-0.2, -0.15) is 0 Å². The Labute approximate surface area is 457 Å². The van der Waals surface area contributed by atoms with E-state index in [4.69, 9.17) is 15.2 Å². The summed E-state index contributed by atoms with van der Waals surface area (Å²) in [4.78, 5) is 95.2. The van der Waals surface area contributed by atoms with Gasteiger partial charge < -0.3 is 55.4 Å². The van der Waals surface area contributed by atoms with Gasteiger partial charge in [-0.15, -0.1) is 24.5 Å². The molecule has 0 saturated carbocycles. The Morgan fingerprint density at radius 3 is 2.32 bits per heavy atom. The van der Waals surface area contributed by atoms with Gasteiger partial charge in [-0.1, -0.05) is 57.2 Å². The van der Waals surface area contributed by atoms with Gasteiger partial charge in [0.15, 0.2) is 6.17 Å². The minimum Gasteiger partial charge on any atom is -0.471 e. The molecular formula is C54H64F4N10O10S. The zero-order valence-electron chi connectivity index (χ0n) is 44.1. The van der Waals surface area contributed by atoms with E-state index in [2.05, 4.69) is 35.6 Å². The highest BCUT2D eigenvalue weighted by Crippen LogP contribution is 2.31. The van der Waals surface area contributed by atoms with E-state index in [0.29, 0.717) is 29.8 Å². The Balaban J connectivity index is 0.784. The number of amides is 6. The van der Waals surface area contributed by atoms with Crippen LogP contribution in [0, 0.1) is 12.3 Å². The van der Waals surface area contributed by atoms with Gasteiger partial charge in [-0.3, -0.25) is 28.8 Å². The molecule has 0 radical (unpaired) electrons. The number of halogens is 4. The molecule has 2 fully saturated rings. The number of aliphatic hydroxyl groups is 1. The SMILES string of the molecule is Cc1ncsc1-c1ccc(CNC(=O)[C@@H]2C[C@@H](O)CN2C(=O)C(NC(=O)CCOCCNC(=O)CCCn2cnc(-c3cnc(O[C@@H]4CCN(C(=O)Cc5ccc(OC(F)(F)F)cc5)C[C@H]4F)c(C(N)=O)c3)c2)C(C)(C)C)cc1. The molecule has 0 spiro atoms. The Bertz CT molecular complexity index is 2930. The summed E-state index contributed by atoms with van der Waals surface area (Å²) in [6.45, 7) is 8.04. The number of benzene rings is 2. The maximum atomic E-state index is 15.4. The average Bonchev–Trinajstić information content (AvgIpc) is 4.23. The predicted molar refractivity (Wildman–Crippen MR) is 281 cm³/mol. The number of aryl methyl sites for hydroxylation is 2. The van der Waals surface area contributed by atoms with Gasteiger partial charge in [0.1, 0.15) is 29.5 Å². The summed E-state index contributed by atoms with van der Waals surface area (Å²) in [6, 6.07) is 12.1. The maximum Gasteiger partial charge on any atom is 0.573 e. The van der Waals surface area contributed by atoms with Crippen LogP contribution < -0.4 is 31.2 Å². The van der Waals surface area contributed by atoms with Gasteiger partial charge in [-0.25, -0.2) is 19.3 Å². The average molecular weight is 1120 g/mol. The number of hydrogen-bond acceptors (Lipinski definition) is 14. The van der Waals surface area contributed by atoms with Crippen LogP contribution >= 0.6 is 11.3 Å². The fourth-order valence-corrected chi connectivity index (χ4v) is 9.84. The van der Waals surface area contributed by atoms with Gasteiger partial charge in [-0.05, 0) is 53.6 Å². The minimum atomic E-state index is -4.86. The predicted octanol–water partition coefficient (Wildman–Crippen LogP) is 5.05. The number of nitrogens with two attached hydrogens (primary N) is 1. The van der Waals surface area contributed by atoms with E-state index in [1.165, 1.54) is 34.2 Å². The number of aliphatic hydroxyl groups excluding tert-OH is 1. The summed E-state index contributed by atoms with van der Waals surface area (Å²) in [5.41, 5.74) is 10.7. The molecule has 6 N–H and O–H groups in total. The van der Waals surface area contributed by atoms with Crippen molar-refractivity contribution in [3.8, 4) is 33.3 Å². The highest BCUT2D eigenvalue weighted by atomic mass is 32.1. The van der Waals surface area contributed by atoms with Gasteiger partial charge in [0.25, 0.3) is 5.91 Å². The number of nitrogens with zero attached hydrogens (tertiary/aromatic N) is 6. The zero-order chi connectivity index (χ0) is 57.0. The van der Waals surface area contributed by atoms with E-state index in [1.54, 1.807) is 54.7 Å². The molecule has 20 nitrogen and oxygen atoms in total. The lowest BCUT2D eigenvalue weighted by Crippen LogP contribution is -2.57. The molecular weight excluding hydrogens is 1060 g/mol. The molecule has 5 aromatic rings. The number of likely N-dealkylation sites (tertiary alicyclic amines) is 2. The number of β-amino-alcohol motifs (C(OH)–C–C–N with tert-alkyl or cyclic N) is 1. The summed E-state index contributed by atoms with van der Waals surface area (Å²) in [5, 5.41) is 19.1. The molecule has 79 heavy (non-hydrogen) atoms. The topological polar surface area (TPSA) is 263 Å². The van der Waals surface area contributed by atoms with Gasteiger partial charge in [0, 0.05) is 76.4 Å². The first-order valence-corrected chi connectivity index (χ1v) is 26.5. The van der Waals surface area contributed by atoms with Gasteiger partial charge >= 0.3 is 6.36 Å². The van der Waals surface area contributed by atoms with Crippen LogP contribution in [0.25, 0.3) is 21.7 Å². The number of ether oxygens (including phenoxy) is 3. The van der Waals surface area contributed by atoms with Crippen LogP contribution in [0.5, 0.6) is 11.6 Å². The van der Waals surface area contributed by atoms with Crippen LogP contribution in [0.1, 0.15) is 80.1 Å². The normalized spacial score (nSPS) is 17.9. The lowest BCUT2D eigenvalue weighted by Gasteiger charge is -2.35. The Kier molecular flexibility index (Phi) is 19.8. The number of imidazole rings is 1. The number of primary amides is 1. The number of nitrogens with one attached hydrogen (secondary N) is 3. The lowest BCUT2D eigenvalue weighted by molar-refractivity contribution is -0.274. The summed E-state index contributed by atoms with van der Waals surface area (Å²) in [6.07, 6.45) is -3.36. The molecule has 2 aliphatic heterocycles. The van der Waals surface area contributed by atoms with Crippen molar-refractivity contribution in [1.82, 2.24) is 45.3 Å². The third-order valence-electron chi connectivity index (χ3n) is 13.2. The molecule has 2 aliphatic rings. The zero-order valence-corrected chi connectivity index (χ0v) is 44.9. The number of carbonyl (C=O) groups is 6. The highest BCUT2D eigenvalue weighted by molar-refractivity contribution is 7.13. The smallest absolute Gasteiger partial charge is 0.471 e. The van der Waals surface area contributed by atoms with Crippen molar-refractivity contribution in [1.29, 1.82) is 0 Å². The summed E-state index contributed by atoms with van der Waals surface area (Å²) in [7, 11) is 0. The van der Waals surface area contributed by atoms with Gasteiger partial charge in [0.05, 0.1) is 60.4 Å². The van der Waals surface area contributed by atoms with E-state index in [-0.39, 0.29) is 95.4 Å². The van der Waals surface area contributed by atoms with E-state index in [9.17, 15) is 47.0 Å². The quantitative estimate of drug-likeness (QED) is 0.0424. The fourth-order valence-electron chi connectivity index (χ4n) is 9.03. The van der Waals surface area contributed by atoms with Crippen molar-refractivity contribution in [3.05, 3.63) is 101 Å². The number of thiazole rings is 1. The molecule has 25 heteroatoms. The van der Waals surface area contributed by atoms with Crippen molar-refractivity contribution >= 4 is 46.8 Å². The summed E-state index contributed by atoms with van der Waals surface area (Å²) < 4.78 is 69.9. The lowest BCUT2D eigenvalue weighted by atomic mass is 9.85. The minimum absolute atomic E-state index is 0.0150. The monoisotopic (exact) mass is 1120 g/mol. The standard InChI is InChI=1S/C54H64F4N10O10S/c1-32-47(79-31-64-32)35-11-7-34(8-12-35)25-61-50(74)42-24-37(69)27-68(42)52(75)48(53(2,3)4)65-45(71)16-20-76-21-17-60-44(70)6-5-18-66-29-41(63-30-66)36-23-39(49(59)73)51(62-26-36)77-43-15-19-67(28-40(43)55)46(72)22-33-9-13-38(14-10-33)78-54(56,57)58/h7-14,23,26,29-31,37,40,42-43,48,69H,5-6,15-22,24-25,27-28H2,1-4H3,(H2,59,73)(H,60,70)(H,61,74)(H,65,71)/t37-,40-,42+,43-,48?/m1/s1. The summed E-state index contributed by atoms with van der Waals surface area (Å²) in [5.74, 6) is -3.50. The number of aromatic nitrogens is 4. The maximum absolute atomic E-state index is 15.4. The van der Waals surface area contributed by atoms with Crippen molar-refractivity contribution in [3.63, 3.8) is 0 Å². The first-order valence-electron chi connectivity index (χ1n) is 25.7. The number of hydrogen-bond donors (Lipinski definition) is 5. The Hall–Kier alpha value is -7.51. The van der Waals surface area contributed by atoms with Crippen molar-refractivity contribution in [2.24, 2.45) is 11.1 Å². The molecule has 3 aromatic heterocycles. The van der Waals surface area contributed by atoms with Crippen molar-refractivity contribution in [2.75, 3.05) is 39.4 Å². The van der Waals surface area contributed by atoms with E-state index in [0.717, 1.165) is 33.8 Å². The molecule has 2 aromatic carbocycles. The van der Waals surface area contributed by atoms with E-state index in [1.807, 2.05) is 31.2 Å². The molecule has 1 unspecified atom stereocenters. The number of rotatable bonds is 23. The van der Waals surface area contributed by atoms with Crippen molar-refractivity contribution < 1.29 is 65.6 Å². The van der Waals surface area contributed by atoms with Crippen LogP contribution in [0.3, 0.4) is 0 Å². The number of pyridine rings is 1. The molecule has 6 amide bonds. The van der Waals surface area contributed by atoms with Crippen molar-refractivity contribution in [2.45, 2.75) is 116 Å². The number of piperidine rings is 1. The molecule has 424 valence electrons. The largest absolute Gasteiger partial charge is 0.573 e. The second-order valence-electron chi connectivity index (χ2n) is 20.4. The van der Waals surface area contributed by atoms with E-state index < -0.39 is 77.5 Å². The molecule has 5 atom stereocenters. The van der Waals surface area contributed by atoms with Gasteiger partial charge in [0.2, 0.25) is 35.4 Å². The van der Waals surface area contributed by atoms with Crippen LogP contribution in [0.4, 0.5) is 17.6 Å². The third-order valence-corrected chi connectivity index (χ3v) is 14.2. The molecule has 0 bridgehead atoms. The first kappa shape index (κ1) is 59.2. The van der Waals surface area contributed by atoms with Crippen LogP contribution in [0.15, 0.2) is 78.8 Å². The molecule has 0 aliphatic carbocycles.